The molecule has 172 valence electrons. The molecule has 0 spiro atoms. The first kappa shape index (κ1) is 22.8. The molecule has 2 atom stereocenters. The number of hydrogen-bond acceptors (Lipinski definition) is 5. The largest absolute Gasteiger partial charge is 0.489 e. The van der Waals surface area contributed by atoms with Crippen molar-refractivity contribution in [1.82, 2.24) is 14.7 Å². The smallest absolute Gasteiger partial charge is 0.223 e. The van der Waals surface area contributed by atoms with Gasteiger partial charge in [-0.25, -0.2) is 0 Å². The van der Waals surface area contributed by atoms with E-state index in [2.05, 4.69) is 28.5 Å². The van der Waals surface area contributed by atoms with Crippen LogP contribution in [0.1, 0.15) is 38.7 Å². The van der Waals surface area contributed by atoms with Gasteiger partial charge in [-0.05, 0) is 50.8 Å². The maximum Gasteiger partial charge on any atom is 0.223 e. The second kappa shape index (κ2) is 10.5. The van der Waals surface area contributed by atoms with E-state index in [0.717, 1.165) is 88.2 Å². The Hall–Kier alpha value is -1.34. The van der Waals surface area contributed by atoms with Gasteiger partial charge in [-0.2, -0.15) is 0 Å². The van der Waals surface area contributed by atoms with Gasteiger partial charge >= 0.3 is 0 Å². The number of rotatable bonds is 5. The summed E-state index contributed by atoms with van der Waals surface area (Å²) >= 11 is 6.18. The summed E-state index contributed by atoms with van der Waals surface area (Å²) in [4.78, 5) is 19.9. The van der Waals surface area contributed by atoms with E-state index in [9.17, 15) is 4.79 Å². The van der Waals surface area contributed by atoms with E-state index in [4.69, 9.17) is 21.1 Å². The summed E-state index contributed by atoms with van der Waals surface area (Å²) in [6.45, 7) is 12.3. The highest BCUT2D eigenvalue weighted by Gasteiger charge is 2.30. The Morgan fingerprint density at radius 3 is 2.68 bits per heavy atom. The lowest BCUT2D eigenvalue weighted by atomic mass is 9.89. The van der Waals surface area contributed by atoms with Crippen LogP contribution in [-0.2, 0) is 16.1 Å². The number of halogens is 1. The summed E-state index contributed by atoms with van der Waals surface area (Å²) < 4.78 is 11.5. The molecule has 3 heterocycles. The van der Waals surface area contributed by atoms with Gasteiger partial charge in [0.1, 0.15) is 11.9 Å². The van der Waals surface area contributed by atoms with Gasteiger partial charge in [0.15, 0.2) is 0 Å². The maximum absolute atomic E-state index is 12.9. The van der Waals surface area contributed by atoms with E-state index in [1.54, 1.807) is 0 Å². The third-order valence-electron chi connectivity index (χ3n) is 7.10. The molecule has 0 N–H and O–H groups in total. The van der Waals surface area contributed by atoms with Crippen molar-refractivity contribution in [2.45, 2.75) is 51.8 Å². The van der Waals surface area contributed by atoms with Crippen LogP contribution in [0, 0.1) is 5.92 Å². The third-order valence-corrected chi connectivity index (χ3v) is 7.33. The lowest BCUT2D eigenvalue weighted by Crippen LogP contribution is -2.49. The zero-order chi connectivity index (χ0) is 21.8. The fourth-order valence-electron chi connectivity index (χ4n) is 5.21. The predicted molar refractivity (Wildman–Crippen MR) is 123 cm³/mol. The normalized spacial score (nSPS) is 24.9. The van der Waals surface area contributed by atoms with Crippen molar-refractivity contribution in [2.24, 2.45) is 5.92 Å². The Labute approximate surface area is 191 Å². The number of carbonyl (C=O) groups excluding carboxylic acids is 1. The number of fused-ring (bicyclic) bond motifs is 1. The molecule has 2 fully saturated rings. The number of piperidine rings is 1. The fourth-order valence-corrected chi connectivity index (χ4v) is 5.40. The van der Waals surface area contributed by atoms with Crippen LogP contribution in [0.15, 0.2) is 18.2 Å². The highest BCUT2D eigenvalue weighted by molar-refractivity contribution is 6.30. The van der Waals surface area contributed by atoms with Crippen LogP contribution in [0.3, 0.4) is 0 Å². The molecule has 4 rings (SSSR count). The summed E-state index contributed by atoms with van der Waals surface area (Å²) in [6, 6.07) is 6.37. The van der Waals surface area contributed by atoms with Gasteiger partial charge in [0.05, 0.1) is 13.2 Å². The van der Waals surface area contributed by atoms with Gasteiger partial charge in [0.25, 0.3) is 0 Å². The molecular formula is C24H36ClN3O3. The Kier molecular flexibility index (Phi) is 7.75. The maximum atomic E-state index is 12.9. The number of carbonyl (C=O) groups is 1. The summed E-state index contributed by atoms with van der Waals surface area (Å²) in [6.07, 6.45) is 2.86. The average Bonchev–Trinajstić information content (AvgIpc) is 2.95. The van der Waals surface area contributed by atoms with E-state index in [1.165, 1.54) is 0 Å². The van der Waals surface area contributed by atoms with E-state index in [-0.39, 0.29) is 12.0 Å². The van der Waals surface area contributed by atoms with E-state index < -0.39 is 0 Å². The number of ether oxygens (including phenoxy) is 2. The number of amides is 1. The zero-order valence-corrected chi connectivity index (χ0v) is 19.6. The SMILES string of the molecule is CC1CN(CCC(=O)N2CCC(C(C)N3CCOCC3)CC2)Cc2cc(Cl)ccc2O1. The van der Waals surface area contributed by atoms with E-state index in [0.29, 0.717) is 18.4 Å². The summed E-state index contributed by atoms with van der Waals surface area (Å²) in [7, 11) is 0. The first-order valence-corrected chi connectivity index (χ1v) is 12.1. The van der Waals surface area contributed by atoms with E-state index >= 15 is 0 Å². The number of nitrogens with zero attached hydrogens (tertiary/aromatic N) is 3. The van der Waals surface area contributed by atoms with Crippen LogP contribution in [0.25, 0.3) is 0 Å². The van der Waals surface area contributed by atoms with Crippen LogP contribution in [-0.4, -0.2) is 85.2 Å². The number of hydrogen-bond donors (Lipinski definition) is 0. The van der Waals surface area contributed by atoms with Crippen LogP contribution >= 0.6 is 11.6 Å². The molecule has 2 unspecified atom stereocenters. The predicted octanol–water partition coefficient (Wildman–Crippen LogP) is 3.27. The third kappa shape index (κ3) is 5.92. The van der Waals surface area contributed by atoms with Crippen LogP contribution in [0.4, 0.5) is 0 Å². The molecule has 1 amide bonds. The fraction of sp³-hybridized carbons (Fsp3) is 0.708. The van der Waals surface area contributed by atoms with Crippen molar-refractivity contribution < 1.29 is 14.3 Å². The molecule has 3 aliphatic rings. The number of morpholine rings is 1. The van der Waals surface area contributed by atoms with Gasteiger partial charge in [0.2, 0.25) is 5.91 Å². The van der Waals surface area contributed by atoms with Crippen molar-refractivity contribution in [3.05, 3.63) is 28.8 Å². The van der Waals surface area contributed by atoms with Crippen molar-refractivity contribution in [2.75, 3.05) is 52.5 Å². The van der Waals surface area contributed by atoms with Crippen LogP contribution in [0.5, 0.6) is 5.75 Å². The molecule has 1 aromatic rings. The van der Waals surface area contributed by atoms with Gasteiger partial charge in [-0.3, -0.25) is 14.6 Å². The molecule has 0 saturated carbocycles. The van der Waals surface area contributed by atoms with Gasteiger partial charge in [-0.15, -0.1) is 0 Å². The molecule has 7 heteroatoms. The molecular weight excluding hydrogens is 414 g/mol. The van der Waals surface area contributed by atoms with Gasteiger partial charge in [0, 0.05) is 68.9 Å². The Balaban J connectivity index is 1.24. The molecule has 0 radical (unpaired) electrons. The topological polar surface area (TPSA) is 45.3 Å². The molecule has 6 nitrogen and oxygen atoms in total. The molecule has 2 saturated heterocycles. The zero-order valence-electron chi connectivity index (χ0n) is 18.9. The van der Waals surface area contributed by atoms with Crippen molar-refractivity contribution in [1.29, 1.82) is 0 Å². The first-order chi connectivity index (χ1) is 15.0. The monoisotopic (exact) mass is 449 g/mol. The molecule has 1 aromatic carbocycles. The van der Waals surface area contributed by atoms with Gasteiger partial charge < -0.3 is 14.4 Å². The molecule has 0 aromatic heterocycles. The number of benzene rings is 1. The Morgan fingerprint density at radius 2 is 1.94 bits per heavy atom. The van der Waals surface area contributed by atoms with Gasteiger partial charge in [-0.1, -0.05) is 11.6 Å². The first-order valence-electron chi connectivity index (χ1n) is 11.8. The average molecular weight is 450 g/mol. The lowest BCUT2D eigenvalue weighted by Gasteiger charge is -2.41. The second-order valence-corrected chi connectivity index (χ2v) is 9.71. The minimum Gasteiger partial charge on any atom is -0.489 e. The van der Waals surface area contributed by atoms with Crippen LogP contribution < -0.4 is 4.74 Å². The molecule has 0 bridgehead atoms. The highest BCUT2D eigenvalue weighted by atomic mass is 35.5. The second-order valence-electron chi connectivity index (χ2n) is 9.27. The molecule has 3 aliphatic heterocycles. The van der Waals surface area contributed by atoms with Crippen molar-refractivity contribution in [3.63, 3.8) is 0 Å². The quantitative estimate of drug-likeness (QED) is 0.690. The lowest BCUT2D eigenvalue weighted by molar-refractivity contribution is -0.133. The number of likely N-dealkylation sites (tertiary alicyclic amines) is 1. The molecule has 0 aliphatic carbocycles. The molecule has 31 heavy (non-hydrogen) atoms. The minimum absolute atomic E-state index is 0.0925. The summed E-state index contributed by atoms with van der Waals surface area (Å²) in [5.41, 5.74) is 1.10. The Morgan fingerprint density at radius 1 is 1.19 bits per heavy atom. The summed E-state index contributed by atoms with van der Waals surface area (Å²) in [5.74, 6) is 1.86. The minimum atomic E-state index is 0.0925. The van der Waals surface area contributed by atoms with E-state index in [1.807, 2.05) is 18.2 Å². The van der Waals surface area contributed by atoms with Crippen LogP contribution in [0.2, 0.25) is 5.02 Å². The standard InChI is InChI=1S/C24H36ClN3O3/c1-18-16-26(17-21-15-22(25)3-4-23(21)31-18)8-7-24(29)28-9-5-20(6-10-28)19(2)27-11-13-30-14-12-27/h3-4,15,18-20H,5-14,16-17H2,1-2H3. The van der Waals surface area contributed by atoms with Crippen molar-refractivity contribution in [3.8, 4) is 5.75 Å². The highest BCUT2D eigenvalue weighted by Crippen LogP contribution is 2.28. The Bertz CT molecular complexity index is 748. The summed E-state index contributed by atoms with van der Waals surface area (Å²) in [5, 5.41) is 0.724. The van der Waals surface area contributed by atoms with Crippen molar-refractivity contribution >= 4 is 17.5 Å².